The molecule has 0 N–H and O–H groups in total. The van der Waals surface area contributed by atoms with E-state index in [1.54, 1.807) is 0 Å². The third-order valence-corrected chi connectivity index (χ3v) is 13.7. The Kier molecular flexibility index (Phi) is 7.21. The van der Waals surface area contributed by atoms with Gasteiger partial charge < -0.3 is 13.5 Å². The Hall–Kier alpha value is -4.83. The molecule has 54 heavy (non-hydrogen) atoms. The Morgan fingerprint density at radius 1 is 0.685 bits per heavy atom. The van der Waals surface area contributed by atoms with Crippen molar-refractivity contribution < 1.29 is 0 Å². The minimum Gasteiger partial charge on any atom is -0.327 e. The van der Waals surface area contributed by atoms with Crippen LogP contribution >= 0.6 is 0 Å². The van der Waals surface area contributed by atoms with Crippen molar-refractivity contribution in [1.29, 1.82) is 0 Å². The number of benzene rings is 3. The lowest BCUT2D eigenvalue weighted by atomic mass is 9.90. The summed E-state index contributed by atoms with van der Waals surface area (Å²) < 4.78 is 7.08. The number of rotatable bonds is 4. The van der Waals surface area contributed by atoms with Gasteiger partial charge in [0.15, 0.2) is 0 Å². The summed E-state index contributed by atoms with van der Waals surface area (Å²) in [5.74, 6) is 3.11. The molecule has 12 rings (SSSR count). The topological polar surface area (TPSA) is 62.7 Å². The second kappa shape index (κ2) is 12.3. The summed E-state index contributed by atoms with van der Waals surface area (Å²) >= 11 is 0. The summed E-state index contributed by atoms with van der Waals surface area (Å²) in [6, 6.07) is 26.8. The maximum Gasteiger partial charge on any atom is 0.136 e. The molecular formula is C45H47N9. The third kappa shape index (κ3) is 5.27. The van der Waals surface area contributed by atoms with Gasteiger partial charge in [-0.25, -0.2) is 15.0 Å². The number of hydrogen-bond donors (Lipinski definition) is 0. The van der Waals surface area contributed by atoms with Crippen LogP contribution in [0.15, 0.2) is 85.3 Å². The molecular weight excluding hydrogens is 667 g/mol. The fraction of sp³-hybridized carbons (Fsp3) is 0.400. The van der Waals surface area contributed by atoms with Crippen LogP contribution in [0.2, 0.25) is 0 Å². The highest BCUT2D eigenvalue weighted by Gasteiger charge is 2.36. The van der Waals surface area contributed by atoms with Crippen molar-refractivity contribution >= 4 is 27.7 Å². The zero-order valence-electron chi connectivity index (χ0n) is 30.9. The van der Waals surface area contributed by atoms with E-state index in [1.165, 1.54) is 87.4 Å². The summed E-state index contributed by atoms with van der Waals surface area (Å²) in [6.45, 7) is 9.85. The zero-order chi connectivity index (χ0) is 35.3. The minimum absolute atomic E-state index is 0.536. The summed E-state index contributed by atoms with van der Waals surface area (Å²) in [7, 11) is 0. The first-order valence-corrected chi connectivity index (χ1v) is 20.4. The van der Waals surface area contributed by atoms with Crippen molar-refractivity contribution in [2.45, 2.75) is 82.7 Å². The van der Waals surface area contributed by atoms with Crippen LogP contribution in [0.5, 0.6) is 0 Å². The van der Waals surface area contributed by atoms with Gasteiger partial charge in [0.1, 0.15) is 17.3 Å². The molecule has 3 aromatic carbocycles. The highest BCUT2D eigenvalue weighted by molar-refractivity contribution is 5.83. The molecule has 0 amide bonds. The number of pyridine rings is 1. The molecule has 7 aromatic rings. The molecule has 0 spiro atoms. The molecule has 3 atom stereocenters. The lowest BCUT2D eigenvalue weighted by Gasteiger charge is -2.29. The van der Waals surface area contributed by atoms with Crippen molar-refractivity contribution in [3.05, 3.63) is 119 Å². The van der Waals surface area contributed by atoms with Crippen LogP contribution < -0.4 is 0 Å². The predicted molar refractivity (Wildman–Crippen MR) is 213 cm³/mol. The van der Waals surface area contributed by atoms with Crippen LogP contribution in [0.4, 0.5) is 0 Å². The van der Waals surface area contributed by atoms with E-state index in [4.69, 9.17) is 9.97 Å². The normalized spacial score (nSPS) is 23.3. The maximum absolute atomic E-state index is 5.26. The summed E-state index contributed by atoms with van der Waals surface area (Å²) in [4.78, 5) is 23.0. The molecule has 9 nitrogen and oxygen atoms in total. The Balaban J connectivity index is 0.738. The molecule has 272 valence electrons. The van der Waals surface area contributed by atoms with E-state index in [0.29, 0.717) is 18.0 Å². The molecule has 3 unspecified atom stereocenters. The van der Waals surface area contributed by atoms with Crippen molar-refractivity contribution in [2.24, 2.45) is 0 Å². The minimum atomic E-state index is 0.536. The van der Waals surface area contributed by atoms with Crippen LogP contribution in [0.1, 0.15) is 59.1 Å². The van der Waals surface area contributed by atoms with Crippen LogP contribution in [0.25, 0.3) is 38.8 Å². The summed E-state index contributed by atoms with van der Waals surface area (Å²) in [6.07, 6.45) is 13.1. The highest BCUT2D eigenvalue weighted by atomic mass is 15.2. The standard InChI is InChI=1S/C45H47N9/c1-2-37-24-44-47-39-20-30(3-8-41(39)53(44)18-16-50(37)13-1)26-49-14-11-31-4-5-32(21-35(31)27-49)36-22-38-25-45-48-40-23-33(34-7-10-43-46-12-15-52(43)28-34)6-9-42(40)54(45)19-17-51(38)29-36/h3-10,12,15,20-21,23,28,36-38H,1-2,11,13-14,16-19,22,24-27,29H2. The Morgan fingerprint density at radius 2 is 1.50 bits per heavy atom. The largest absolute Gasteiger partial charge is 0.327 e. The van der Waals surface area contributed by atoms with Crippen molar-refractivity contribution in [1.82, 2.24) is 43.2 Å². The second-order valence-electron chi connectivity index (χ2n) is 16.8. The number of imidazole rings is 3. The predicted octanol–water partition coefficient (Wildman–Crippen LogP) is 6.69. The number of fused-ring (bicyclic) bond motifs is 10. The van der Waals surface area contributed by atoms with Gasteiger partial charge in [0.2, 0.25) is 0 Å². The molecule has 9 heteroatoms. The molecule has 0 saturated carbocycles. The number of nitrogens with zero attached hydrogens (tertiary/aromatic N) is 9. The van der Waals surface area contributed by atoms with Crippen molar-refractivity contribution in [3.8, 4) is 11.1 Å². The first kappa shape index (κ1) is 31.5. The zero-order valence-corrected chi connectivity index (χ0v) is 30.9. The number of aromatic nitrogens is 6. The Morgan fingerprint density at radius 3 is 2.41 bits per heavy atom. The van der Waals surface area contributed by atoms with Crippen LogP contribution in [0, 0.1) is 0 Å². The van der Waals surface area contributed by atoms with Crippen LogP contribution in [-0.4, -0.2) is 88.0 Å². The van der Waals surface area contributed by atoms with E-state index in [-0.39, 0.29) is 0 Å². The average molecular weight is 714 g/mol. The SMILES string of the molecule is c1cn2cc(-c3ccc4c(c3)nc3n4CCN4CC(c5ccc6c(c5)CN(Cc5ccc7c(c5)nc5n7CCN7CCCC7C5)CC6)CC4C3)ccc2n1. The smallest absolute Gasteiger partial charge is 0.136 e. The lowest BCUT2D eigenvalue weighted by molar-refractivity contribution is 0.245. The van der Waals surface area contributed by atoms with Gasteiger partial charge in [-0.3, -0.25) is 14.7 Å². The fourth-order valence-corrected chi connectivity index (χ4v) is 10.9. The molecule has 5 aliphatic heterocycles. The highest BCUT2D eigenvalue weighted by Crippen LogP contribution is 2.37. The first-order valence-electron chi connectivity index (χ1n) is 20.4. The molecule has 2 fully saturated rings. The van der Waals surface area contributed by atoms with Gasteiger partial charge in [-0.1, -0.05) is 30.3 Å². The van der Waals surface area contributed by atoms with E-state index in [9.17, 15) is 0 Å². The molecule has 5 aliphatic rings. The van der Waals surface area contributed by atoms with E-state index >= 15 is 0 Å². The summed E-state index contributed by atoms with van der Waals surface area (Å²) in [5, 5.41) is 0. The van der Waals surface area contributed by atoms with Gasteiger partial charge in [-0.15, -0.1) is 0 Å². The number of hydrogen-bond acceptors (Lipinski definition) is 6. The van der Waals surface area contributed by atoms with Gasteiger partial charge >= 0.3 is 0 Å². The molecule has 0 aliphatic carbocycles. The monoisotopic (exact) mass is 713 g/mol. The Bertz CT molecular complexity index is 2580. The van der Waals surface area contributed by atoms with E-state index < -0.39 is 0 Å². The summed E-state index contributed by atoms with van der Waals surface area (Å²) in [5.41, 5.74) is 14.2. The second-order valence-corrected chi connectivity index (χ2v) is 16.8. The van der Waals surface area contributed by atoms with Crippen molar-refractivity contribution in [3.63, 3.8) is 0 Å². The molecule has 2 saturated heterocycles. The average Bonchev–Trinajstić information content (AvgIpc) is 4.02. The van der Waals surface area contributed by atoms with Crippen LogP contribution in [-0.2, 0) is 45.4 Å². The fourth-order valence-electron chi connectivity index (χ4n) is 10.9. The molecule has 4 aromatic heterocycles. The van der Waals surface area contributed by atoms with Gasteiger partial charge in [0.05, 0.1) is 22.1 Å². The van der Waals surface area contributed by atoms with E-state index in [1.807, 2.05) is 12.4 Å². The molecule has 0 radical (unpaired) electrons. The van der Waals surface area contributed by atoms with Gasteiger partial charge in [-0.05, 0) is 108 Å². The third-order valence-electron chi connectivity index (χ3n) is 13.7. The van der Waals surface area contributed by atoms with Crippen molar-refractivity contribution in [2.75, 3.05) is 32.7 Å². The van der Waals surface area contributed by atoms with E-state index in [0.717, 1.165) is 82.8 Å². The lowest BCUT2D eigenvalue weighted by Crippen LogP contribution is -2.31. The Labute approximate surface area is 315 Å². The molecule has 9 heterocycles. The van der Waals surface area contributed by atoms with Gasteiger partial charge in [-0.2, -0.15) is 0 Å². The quantitative estimate of drug-likeness (QED) is 0.203. The van der Waals surface area contributed by atoms with E-state index in [2.05, 4.69) is 106 Å². The van der Waals surface area contributed by atoms with Crippen LogP contribution in [0.3, 0.4) is 0 Å². The molecule has 0 bridgehead atoms. The first-order chi connectivity index (χ1) is 26.6. The van der Waals surface area contributed by atoms with Gasteiger partial charge in [0.25, 0.3) is 0 Å². The van der Waals surface area contributed by atoms with Gasteiger partial charge in [0, 0.05) is 95.9 Å². The maximum atomic E-state index is 5.26.